The molecule has 170 valence electrons. The van der Waals surface area contributed by atoms with Crippen molar-refractivity contribution in [2.75, 3.05) is 23.3 Å². The summed E-state index contributed by atoms with van der Waals surface area (Å²) < 4.78 is 6.25. The summed E-state index contributed by atoms with van der Waals surface area (Å²) in [5.74, 6) is -0.596. The predicted octanol–water partition coefficient (Wildman–Crippen LogP) is 5.10. The van der Waals surface area contributed by atoms with Crippen LogP contribution in [0.2, 0.25) is 0 Å². The fourth-order valence-corrected chi connectivity index (χ4v) is 4.26. The van der Waals surface area contributed by atoms with Crippen molar-refractivity contribution >= 4 is 28.5 Å². The van der Waals surface area contributed by atoms with Gasteiger partial charge in [-0.05, 0) is 55.0 Å². The van der Waals surface area contributed by atoms with Gasteiger partial charge in [0.25, 0.3) is 0 Å². The number of benzene rings is 2. The zero-order valence-electron chi connectivity index (χ0n) is 19.0. The summed E-state index contributed by atoms with van der Waals surface area (Å²) in [7, 11) is 0. The largest absolute Gasteiger partial charge is 0.478 e. The smallest absolute Gasteiger partial charge is 0.337 e. The Kier molecular flexibility index (Phi) is 5.86. The summed E-state index contributed by atoms with van der Waals surface area (Å²) in [4.78, 5) is 26.7. The number of carbonyl (C=O) groups is 1. The van der Waals surface area contributed by atoms with Crippen LogP contribution in [0.5, 0.6) is 0 Å². The SMILES string of the molecule is Cc1cc([C@@H](C#N)Nc2ccccc2C(=O)O)c2oc(N3CCC(C)(C)CC3)cc(=O)c2c1. The molecule has 1 aliphatic rings. The summed E-state index contributed by atoms with van der Waals surface area (Å²) >= 11 is 0. The lowest BCUT2D eigenvalue weighted by molar-refractivity contribution is 0.0698. The van der Waals surface area contributed by atoms with Crippen molar-refractivity contribution in [1.29, 1.82) is 5.26 Å². The first-order chi connectivity index (χ1) is 15.7. The van der Waals surface area contributed by atoms with Gasteiger partial charge in [0.1, 0.15) is 11.6 Å². The number of rotatable bonds is 5. The Bertz CT molecular complexity index is 1310. The van der Waals surface area contributed by atoms with E-state index < -0.39 is 12.0 Å². The van der Waals surface area contributed by atoms with Crippen LogP contribution in [-0.2, 0) is 0 Å². The number of nitrogens with one attached hydrogen (secondary N) is 1. The van der Waals surface area contributed by atoms with E-state index in [2.05, 4.69) is 30.1 Å². The molecule has 4 rings (SSSR count). The number of hydrogen-bond acceptors (Lipinski definition) is 6. The van der Waals surface area contributed by atoms with E-state index in [4.69, 9.17) is 4.42 Å². The molecule has 1 saturated heterocycles. The molecule has 7 nitrogen and oxygen atoms in total. The molecule has 0 radical (unpaired) electrons. The second-order valence-corrected chi connectivity index (χ2v) is 9.39. The second kappa shape index (κ2) is 8.62. The predicted molar refractivity (Wildman–Crippen MR) is 128 cm³/mol. The molecule has 2 aromatic carbocycles. The molecule has 7 heteroatoms. The van der Waals surface area contributed by atoms with Crippen molar-refractivity contribution in [3.8, 4) is 6.07 Å². The summed E-state index contributed by atoms with van der Waals surface area (Å²) in [5.41, 5.74) is 2.14. The Morgan fingerprint density at radius 1 is 1.21 bits per heavy atom. The van der Waals surface area contributed by atoms with Crippen LogP contribution in [0.15, 0.2) is 51.7 Å². The first kappa shape index (κ1) is 22.4. The Hall–Kier alpha value is -3.79. The first-order valence-corrected chi connectivity index (χ1v) is 11.0. The van der Waals surface area contributed by atoms with Gasteiger partial charge in [0.2, 0.25) is 0 Å². The van der Waals surface area contributed by atoms with Gasteiger partial charge in [0.15, 0.2) is 11.3 Å². The number of carboxylic acids is 1. The van der Waals surface area contributed by atoms with E-state index in [1.165, 1.54) is 12.1 Å². The number of nitriles is 1. The highest BCUT2D eigenvalue weighted by molar-refractivity contribution is 5.94. The lowest BCUT2D eigenvalue weighted by Crippen LogP contribution is -2.37. The molecule has 0 spiro atoms. The molecule has 1 atom stereocenters. The van der Waals surface area contributed by atoms with E-state index in [0.29, 0.717) is 28.1 Å². The number of hydrogen-bond donors (Lipinski definition) is 2. The average molecular weight is 446 g/mol. The van der Waals surface area contributed by atoms with E-state index >= 15 is 0 Å². The molecule has 3 aromatic rings. The quantitative estimate of drug-likeness (QED) is 0.562. The van der Waals surface area contributed by atoms with Gasteiger partial charge >= 0.3 is 5.97 Å². The third kappa shape index (κ3) is 4.56. The molecule has 0 bridgehead atoms. The van der Waals surface area contributed by atoms with Crippen LogP contribution >= 0.6 is 0 Å². The van der Waals surface area contributed by atoms with E-state index in [1.54, 1.807) is 30.3 Å². The van der Waals surface area contributed by atoms with Crippen molar-refractivity contribution in [3.63, 3.8) is 0 Å². The first-order valence-electron chi connectivity index (χ1n) is 11.0. The van der Waals surface area contributed by atoms with Crippen LogP contribution in [0.1, 0.15) is 54.2 Å². The Morgan fingerprint density at radius 2 is 1.91 bits per heavy atom. The van der Waals surface area contributed by atoms with Crippen LogP contribution < -0.4 is 15.6 Å². The maximum Gasteiger partial charge on any atom is 0.337 e. The van der Waals surface area contributed by atoms with E-state index in [-0.39, 0.29) is 16.4 Å². The highest BCUT2D eigenvalue weighted by Gasteiger charge is 2.27. The molecule has 1 aromatic heterocycles. The number of aromatic carboxylic acids is 1. The zero-order chi connectivity index (χ0) is 23.8. The van der Waals surface area contributed by atoms with E-state index in [9.17, 15) is 20.0 Å². The van der Waals surface area contributed by atoms with Gasteiger partial charge in [-0.1, -0.05) is 26.0 Å². The third-order valence-electron chi connectivity index (χ3n) is 6.31. The van der Waals surface area contributed by atoms with Gasteiger partial charge in [-0.2, -0.15) is 5.26 Å². The van der Waals surface area contributed by atoms with Gasteiger partial charge in [0.05, 0.1) is 17.0 Å². The Labute approximate surface area is 192 Å². The van der Waals surface area contributed by atoms with E-state index in [0.717, 1.165) is 31.5 Å². The van der Waals surface area contributed by atoms with Crippen LogP contribution in [-0.4, -0.2) is 24.2 Å². The Balaban J connectivity index is 1.79. The van der Waals surface area contributed by atoms with Gasteiger partial charge in [0, 0.05) is 30.4 Å². The number of piperidine rings is 1. The molecule has 1 aliphatic heterocycles. The molecular weight excluding hydrogens is 418 g/mol. The number of aryl methyl sites for hydroxylation is 1. The molecule has 0 aliphatic carbocycles. The number of nitrogens with zero attached hydrogens (tertiary/aromatic N) is 2. The van der Waals surface area contributed by atoms with Crippen molar-refractivity contribution in [1.82, 2.24) is 0 Å². The normalized spacial score (nSPS) is 16.2. The topological polar surface area (TPSA) is 107 Å². The summed E-state index contributed by atoms with van der Waals surface area (Å²) in [6.45, 7) is 7.89. The lowest BCUT2D eigenvalue weighted by atomic mass is 9.83. The molecule has 2 heterocycles. The van der Waals surface area contributed by atoms with Crippen molar-refractivity contribution in [3.05, 3.63) is 69.4 Å². The maximum absolute atomic E-state index is 13.0. The minimum atomic E-state index is -1.09. The monoisotopic (exact) mass is 445 g/mol. The van der Waals surface area contributed by atoms with Crippen molar-refractivity contribution < 1.29 is 14.3 Å². The van der Waals surface area contributed by atoms with Crippen LogP contribution in [0, 0.1) is 23.7 Å². The molecule has 1 fully saturated rings. The zero-order valence-corrected chi connectivity index (χ0v) is 19.0. The van der Waals surface area contributed by atoms with Gasteiger partial charge < -0.3 is 19.7 Å². The number of fused-ring (bicyclic) bond motifs is 1. The lowest BCUT2D eigenvalue weighted by Gasteiger charge is -2.37. The molecule has 0 unspecified atom stereocenters. The van der Waals surface area contributed by atoms with Crippen LogP contribution in [0.25, 0.3) is 11.0 Å². The fraction of sp³-hybridized carbons (Fsp3) is 0.346. The van der Waals surface area contributed by atoms with E-state index in [1.807, 2.05) is 6.92 Å². The minimum Gasteiger partial charge on any atom is -0.478 e. The second-order valence-electron chi connectivity index (χ2n) is 9.39. The van der Waals surface area contributed by atoms with Gasteiger partial charge in [-0.3, -0.25) is 4.79 Å². The van der Waals surface area contributed by atoms with Crippen molar-refractivity contribution in [2.24, 2.45) is 5.41 Å². The molecule has 33 heavy (non-hydrogen) atoms. The minimum absolute atomic E-state index is 0.0628. The summed E-state index contributed by atoms with van der Waals surface area (Å²) in [5, 5.41) is 22.9. The van der Waals surface area contributed by atoms with Crippen LogP contribution in [0.3, 0.4) is 0 Å². The number of anilines is 2. The highest BCUT2D eigenvalue weighted by atomic mass is 16.4. The Morgan fingerprint density at radius 3 is 2.58 bits per heavy atom. The standard InChI is InChI=1S/C26H27N3O4/c1-16-12-18(21(15-27)28-20-7-5-4-6-17(20)25(31)32)24-19(13-16)22(30)14-23(33-24)29-10-8-26(2,3)9-11-29/h4-7,12-14,21,28H,8-11H2,1-3H3,(H,31,32)/t21-/m1/s1. The highest BCUT2D eigenvalue weighted by Crippen LogP contribution is 2.34. The van der Waals surface area contributed by atoms with Crippen molar-refractivity contribution in [2.45, 2.75) is 39.7 Å². The maximum atomic E-state index is 13.0. The van der Waals surface area contributed by atoms with Crippen LogP contribution in [0.4, 0.5) is 11.6 Å². The fourth-order valence-electron chi connectivity index (χ4n) is 4.26. The molecule has 0 saturated carbocycles. The van der Waals surface area contributed by atoms with Gasteiger partial charge in [-0.25, -0.2) is 4.79 Å². The molecule has 2 N–H and O–H groups in total. The van der Waals surface area contributed by atoms with Gasteiger partial charge in [-0.15, -0.1) is 0 Å². The summed E-state index contributed by atoms with van der Waals surface area (Å²) in [6.07, 6.45) is 1.98. The average Bonchev–Trinajstić information content (AvgIpc) is 2.77. The summed E-state index contributed by atoms with van der Waals surface area (Å²) in [6, 6.07) is 12.8. The number of para-hydroxylation sites is 1. The molecule has 0 amide bonds. The molecular formula is C26H27N3O4. The number of carboxylic acid groups (broad SMARTS) is 1. The third-order valence-corrected chi connectivity index (χ3v) is 6.31.